The van der Waals surface area contributed by atoms with Gasteiger partial charge in [0.25, 0.3) is 0 Å². The first kappa shape index (κ1) is 20.2. The quantitative estimate of drug-likeness (QED) is 0.559. The number of carbonyl (C=O) groups excluding carboxylic acids is 1. The third-order valence-corrected chi connectivity index (χ3v) is 6.91. The fraction of sp³-hybridized carbons (Fsp3) is 0.773. The molecule has 2 fully saturated rings. The Balaban J connectivity index is 2.35. The second-order valence-corrected chi connectivity index (χ2v) is 9.49. The van der Waals surface area contributed by atoms with E-state index in [1.165, 1.54) is 18.9 Å². The molecule has 0 saturated heterocycles. The van der Waals surface area contributed by atoms with Crippen molar-refractivity contribution in [3.8, 4) is 0 Å². The summed E-state index contributed by atoms with van der Waals surface area (Å²) in [6.45, 7) is 18.4. The molecule has 3 nitrogen and oxygen atoms in total. The zero-order valence-electron chi connectivity index (χ0n) is 16.7. The zero-order chi connectivity index (χ0) is 19.0. The Hall–Kier alpha value is -1.09. The average Bonchev–Trinajstić information content (AvgIpc) is 2.44. The van der Waals surface area contributed by atoms with Crippen LogP contribution in [0.3, 0.4) is 0 Å². The van der Waals surface area contributed by atoms with Gasteiger partial charge in [-0.2, -0.15) is 0 Å². The molecule has 2 saturated carbocycles. The molecule has 0 aromatic heterocycles. The number of esters is 1. The lowest BCUT2D eigenvalue weighted by atomic mass is 9.46. The third-order valence-electron chi connectivity index (χ3n) is 6.91. The normalized spacial score (nSPS) is 36.9. The Morgan fingerprint density at radius 1 is 1.40 bits per heavy atom. The standard InChI is InChI=1S/C22H36O3/c1-8-21(6,24)13-10-17-15(2)14-18(25-16(3)23)19-20(4,5)11-9-12-22(17,19)7/h8,17-19,24H,1-2,9-14H2,3-7H3/t17-,18+,19-,21+,22+/m0/s1. The summed E-state index contributed by atoms with van der Waals surface area (Å²) in [5.74, 6) is 0.465. The van der Waals surface area contributed by atoms with Crippen molar-refractivity contribution in [3.05, 3.63) is 24.8 Å². The maximum absolute atomic E-state index is 11.7. The second kappa shape index (κ2) is 6.90. The first-order valence-corrected chi connectivity index (χ1v) is 9.64. The molecule has 2 rings (SSSR count). The van der Waals surface area contributed by atoms with Crippen LogP contribution in [-0.2, 0) is 9.53 Å². The van der Waals surface area contributed by atoms with E-state index in [1.54, 1.807) is 6.08 Å². The first-order chi connectivity index (χ1) is 11.4. The Bertz CT molecular complexity index is 545. The lowest BCUT2D eigenvalue weighted by Crippen LogP contribution is -2.56. The molecular weight excluding hydrogens is 312 g/mol. The van der Waals surface area contributed by atoms with Crippen LogP contribution in [0.5, 0.6) is 0 Å². The molecule has 25 heavy (non-hydrogen) atoms. The van der Waals surface area contributed by atoms with Gasteiger partial charge < -0.3 is 9.84 Å². The molecule has 0 heterocycles. The highest BCUT2D eigenvalue weighted by atomic mass is 16.5. The minimum absolute atomic E-state index is 0.0500. The molecule has 3 heteroatoms. The molecule has 0 spiro atoms. The summed E-state index contributed by atoms with van der Waals surface area (Å²) in [5.41, 5.74) is 0.507. The van der Waals surface area contributed by atoms with Gasteiger partial charge in [0.15, 0.2) is 0 Å². The average molecular weight is 349 g/mol. The molecule has 0 unspecified atom stereocenters. The Labute approximate surface area is 153 Å². The number of fused-ring (bicyclic) bond motifs is 1. The number of aliphatic hydroxyl groups is 1. The lowest BCUT2D eigenvalue weighted by Gasteiger charge is -2.60. The topological polar surface area (TPSA) is 46.5 Å². The molecule has 142 valence electrons. The van der Waals surface area contributed by atoms with E-state index in [0.717, 1.165) is 25.7 Å². The maximum Gasteiger partial charge on any atom is 0.302 e. The minimum Gasteiger partial charge on any atom is -0.462 e. The smallest absolute Gasteiger partial charge is 0.302 e. The zero-order valence-corrected chi connectivity index (χ0v) is 16.7. The van der Waals surface area contributed by atoms with Crippen molar-refractivity contribution in [2.24, 2.45) is 22.7 Å². The molecule has 0 aliphatic heterocycles. The first-order valence-electron chi connectivity index (χ1n) is 9.64. The van der Waals surface area contributed by atoms with E-state index in [2.05, 4.69) is 33.9 Å². The highest BCUT2D eigenvalue weighted by molar-refractivity contribution is 5.66. The van der Waals surface area contributed by atoms with Gasteiger partial charge >= 0.3 is 5.97 Å². The van der Waals surface area contributed by atoms with E-state index in [1.807, 2.05) is 6.92 Å². The molecule has 0 amide bonds. The molecule has 0 bridgehead atoms. The summed E-state index contributed by atoms with van der Waals surface area (Å²) >= 11 is 0. The van der Waals surface area contributed by atoms with Crippen molar-refractivity contribution in [1.29, 1.82) is 0 Å². The van der Waals surface area contributed by atoms with Gasteiger partial charge in [-0.1, -0.05) is 45.4 Å². The fourth-order valence-electron chi connectivity index (χ4n) is 5.83. The van der Waals surface area contributed by atoms with Gasteiger partial charge in [-0.25, -0.2) is 0 Å². The fourth-order valence-corrected chi connectivity index (χ4v) is 5.83. The van der Waals surface area contributed by atoms with Crippen LogP contribution >= 0.6 is 0 Å². The molecular formula is C22H36O3. The van der Waals surface area contributed by atoms with Crippen LogP contribution in [0, 0.1) is 22.7 Å². The highest BCUT2D eigenvalue weighted by Gasteiger charge is 2.57. The molecule has 5 atom stereocenters. The summed E-state index contributed by atoms with van der Waals surface area (Å²) in [6.07, 6.45) is 7.34. The highest BCUT2D eigenvalue weighted by Crippen LogP contribution is 2.62. The van der Waals surface area contributed by atoms with E-state index in [-0.39, 0.29) is 22.9 Å². The van der Waals surface area contributed by atoms with E-state index in [9.17, 15) is 9.90 Å². The van der Waals surface area contributed by atoms with E-state index >= 15 is 0 Å². The largest absolute Gasteiger partial charge is 0.462 e. The van der Waals surface area contributed by atoms with Crippen molar-refractivity contribution >= 4 is 5.97 Å². The van der Waals surface area contributed by atoms with Gasteiger partial charge in [0.05, 0.1) is 5.60 Å². The summed E-state index contributed by atoms with van der Waals surface area (Å²) in [7, 11) is 0. The van der Waals surface area contributed by atoms with Gasteiger partial charge in [0.2, 0.25) is 0 Å². The molecule has 0 aromatic rings. The molecule has 2 aliphatic carbocycles. The van der Waals surface area contributed by atoms with Crippen LogP contribution in [0.2, 0.25) is 0 Å². The summed E-state index contributed by atoms with van der Waals surface area (Å²) in [4.78, 5) is 11.7. The number of hydrogen-bond acceptors (Lipinski definition) is 3. The molecule has 1 N–H and O–H groups in total. The summed E-state index contributed by atoms with van der Waals surface area (Å²) in [6, 6.07) is 0. The van der Waals surface area contributed by atoms with Crippen molar-refractivity contribution in [3.63, 3.8) is 0 Å². The number of hydrogen-bond donors (Lipinski definition) is 1. The maximum atomic E-state index is 11.7. The second-order valence-electron chi connectivity index (χ2n) is 9.49. The van der Waals surface area contributed by atoms with Crippen LogP contribution in [0.25, 0.3) is 0 Å². The van der Waals surface area contributed by atoms with Crippen molar-refractivity contribution in [1.82, 2.24) is 0 Å². The lowest BCUT2D eigenvalue weighted by molar-refractivity contribution is -0.171. The van der Waals surface area contributed by atoms with E-state index < -0.39 is 5.60 Å². The van der Waals surface area contributed by atoms with Gasteiger partial charge in [-0.05, 0) is 49.4 Å². The van der Waals surface area contributed by atoms with Gasteiger partial charge in [-0.15, -0.1) is 6.58 Å². The number of ether oxygens (including phenoxy) is 1. The van der Waals surface area contributed by atoms with E-state index in [4.69, 9.17) is 4.74 Å². The number of rotatable bonds is 5. The van der Waals surface area contributed by atoms with Gasteiger partial charge in [0.1, 0.15) is 6.10 Å². The number of carbonyl (C=O) groups is 1. The van der Waals surface area contributed by atoms with E-state index in [0.29, 0.717) is 18.3 Å². The van der Waals surface area contributed by atoms with Crippen LogP contribution in [0.4, 0.5) is 0 Å². The van der Waals surface area contributed by atoms with Gasteiger partial charge in [0, 0.05) is 19.3 Å². The van der Waals surface area contributed by atoms with Crippen LogP contribution in [0.15, 0.2) is 24.8 Å². The van der Waals surface area contributed by atoms with Crippen LogP contribution in [-0.4, -0.2) is 22.8 Å². The Morgan fingerprint density at radius 2 is 2.04 bits per heavy atom. The minimum atomic E-state index is -0.844. The van der Waals surface area contributed by atoms with Crippen LogP contribution in [0.1, 0.15) is 73.1 Å². The van der Waals surface area contributed by atoms with Crippen molar-refractivity contribution < 1.29 is 14.6 Å². The van der Waals surface area contributed by atoms with Crippen LogP contribution < -0.4 is 0 Å². The molecule has 2 aliphatic rings. The predicted octanol–water partition coefficient (Wildman–Crippen LogP) is 5.04. The molecule has 0 aromatic carbocycles. The summed E-state index contributed by atoms with van der Waals surface area (Å²) in [5, 5.41) is 10.4. The summed E-state index contributed by atoms with van der Waals surface area (Å²) < 4.78 is 5.78. The third kappa shape index (κ3) is 4.02. The SMILES string of the molecule is C=C[C@@](C)(O)CC[C@H]1C(=C)C[C@@H](OC(C)=O)[C@H]2C(C)(C)CCC[C@]12C. The molecule has 0 radical (unpaired) electrons. The Morgan fingerprint density at radius 3 is 2.60 bits per heavy atom. The Kier molecular flexibility index (Phi) is 5.59. The van der Waals surface area contributed by atoms with Gasteiger partial charge in [-0.3, -0.25) is 4.79 Å². The predicted molar refractivity (Wildman–Crippen MR) is 102 cm³/mol. The monoisotopic (exact) mass is 348 g/mol. The van der Waals surface area contributed by atoms with Crippen molar-refractivity contribution in [2.45, 2.75) is 84.8 Å². The van der Waals surface area contributed by atoms with Crippen molar-refractivity contribution in [2.75, 3.05) is 0 Å².